The van der Waals surface area contributed by atoms with Crippen LogP contribution in [0, 0.1) is 23.7 Å². The zero-order valence-corrected chi connectivity index (χ0v) is 11.7. The predicted molar refractivity (Wildman–Crippen MR) is 72.1 cm³/mol. The normalized spacial score (nSPS) is 38.7. The molecule has 0 aromatic rings. The maximum Gasteiger partial charge on any atom is 0.334 e. The van der Waals surface area contributed by atoms with Crippen LogP contribution in [0.15, 0.2) is 23.3 Å². The molecule has 0 N–H and O–H groups in total. The molecule has 3 aliphatic carbocycles. The minimum Gasteiger partial charge on any atom is -0.460 e. The molecule has 5 nitrogen and oxygen atoms in total. The van der Waals surface area contributed by atoms with Gasteiger partial charge in [-0.15, -0.1) is 0 Å². The van der Waals surface area contributed by atoms with Gasteiger partial charge < -0.3 is 14.2 Å². The Kier molecular flexibility index (Phi) is 3.10. The lowest BCUT2D eigenvalue weighted by Gasteiger charge is -2.24. The number of carbonyl (C=O) groups is 2. The lowest BCUT2D eigenvalue weighted by atomic mass is 9.81. The van der Waals surface area contributed by atoms with E-state index in [1.165, 1.54) is 0 Å². The minimum atomic E-state index is -0.228. The molecule has 0 aromatic heterocycles. The van der Waals surface area contributed by atoms with Crippen molar-refractivity contribution in [2.45, 2.75) is 12.8 Å². The summed E-state index contributed by atoms with van der Waals surface area (Å²) in [6, 6.07) is 0. The summed E-state index contributed by atoms with van der Waals surface area (Å²) in [4.78, 5) is 24.2. The molecule has 0 spiro atoms. The lowest BCUT2D eigenvalue weighted by Crippen LogP contribution is -2.24. The molecular formula is C16H18O5. The van der Waals surface area contributed by atoms with Gasteiger partial charge in [0.05, 0.1) is 13.2 Å². The predicted octanol–water partition coefficient (Wildman–Crippen LogP) is 1.24. The Balaban J connectivity index is 1.59. The molecule has 0 aromatic carbocycles. The first-order valence-corrected chi connectivity index (χ1v) is 7.58. The standard InChI is InChI=1S/C16H18O5/c17-15-10-7-11-9-5-13(12(11)8-10)14(6-9)16(18)21-4-2-19-1-3-20-15/h6-7,9,11-13H,1-5,8H2/t9-,11+,12+,13-/m0/s1. The van der Waals surface area contributed by atoms with Crippen LogP contribution in [0.1, 0.15) is 12.8 Å². The highest BCUT2D eigenvalue weighted by Crippen LogP contribution is 2.57. The Labute approximate surface area is 122 Å². The average molecular weight is 290 g/mol. The van der Waals surface area contributed by atoms with Crippen molar-refractivity contribution in [3.8, 4) is 0 Å². The van der Waals surface area contributed by atoms with Gasteiger partial charge in [0.2, 0.25) is 0 Å². The Morgan fingerprint density at radius 3 is 2.52 bits per heavy atom. The third-order valence-corrected chi connectivity index (χ3v) is 5.09. The van der Waals surface area contributed by atoms with Crippen molar-refractivity contribution < 1.29 is 23.8 Å². The van der Waals surface area contributed by atoms with E-state index in [1.54, 1.807) is 0 Å². The van der Waals surface area contributed by atoms with Gasteiger partial charge in [-0.2, -0.15) is 0 Å². The molecule has 1 saturated heterocycles. The molecule has 5 heteroatoms. The molecule has 1 aliphatic heterocycles. The molecule has 1 heterocycles. The van der Waals surface area contributed by atoms with Gasteiger partial charge in [-0.3, -0.25) is 0 Å². The largest absolute Gasteiger partial charge is 0.460 e. The summed E-state index contributed by atoms with van der Waals surface area (Å²) in [5.74, 6) is 0.915. The number of allylic oxidation sites excluding steroid dienone is 2. The van der Waals surface area contributed by atoms with Crippen LogP contribution < -0.4 is 0 Å². The molecule has 21 heavy (non-hydrogen) atoms. The molecule has 4 atom stereocenters. The maximum atomic E-state index is 12.2. The number of hydrogen-bond donors (Lipinski definition) is 0. The summed E-state index contributed by atoms with van der Waals surface area (Å²) in [6.07, 6.45) is 5.85. The quantitative estimate of drug-likeness (QED) is 0.628. The van der Waals surface area contributed by atoms with Crippen LogP contribution >= 0.6 is 0 Å². The van der Waals surface area contributed by atoms with Crippen molar-refractivity contribution in [3.05, 3.63) is 23.3 Å². The van der Waals surface area contributed by atoms with Crippen LogP contribution in [-0.4, -0.2) is 38.4 Å². The molecule has 4 rings (SSSR count). The van der Waals surface area contributed by atoms with Gasteiger partial charge in [-0.1, -0.05) is 12.2 Å². The second-order valence-electron chi connectivity index (χ2n) is 6.15. The monoisotopic (exact) mass is 290 g/mol. The number of ether oxygens (including phenoxy) is 3. The van der Waals surface area contributed by atoms with Gasteiger partial charge in [-0.25, -0.2) is 9.59 Å². The first-order valence-electron chi connectivity index (χ1n) is 7.58. The first-order chi connectivity index (χ1) is 10.2. The van der Waals surface area contributed by atoms with Gasteiger partial charge in [-0.05, 0) is 36.5 Å². The molecule has 2 fully saturated rings. The van der Waals surface area contributed by atoms with Crippen LogP contribution in [0.2, 0.25) is 0 Å². The summed E-state index contributed by atoms with van der Waals surface area (Å²) in [5, 5.41) is 0. The van der Waals surface area contributed by atoms with E-state index in [4.69, 9.17) is 14.2 Å². The third kappa shape index (κ3) is 2.11. The molecule has 1 saturated carbocycles. The van der Waals surface area contributed by atoms with Crippen LogP contribution in [0.4, 0.5) is 0 Å². The number of rotatable bonds is 0. The fourth-order valence-electron chi connectivity index (χ4n) is 4.22. The van der Waals surface area contributed by atoms with Gasteiger partial charge in [0.15, 0.2) is 0 Å². The highest BCUT2D eigenvalue weighted by Gasteiger charge is 2.52. The fourth-order valence-corrected chi connectivity index (χ4v) is 4.22. The molecule has 4 aliphatic rings. The number of esters is 2. The molecule has 4 bridgehead atoms. The highest BCUT2D eigenvalue weighted by atomic mass is 16.6. The van der Waals surface area contributed by atoms with E-state index in [0.717, 1.165) is 24.0 Å². The van der Waals surface area contributed by atoms with Gasteiger partial charge in [0.25, 0.3) is 0 Å². The second-order valence-corrected chi connectivity index (χ2v) is 6.15. The van der Waals surface area contributed by atoms with Crippen molar-refractivity contribution in [1.82, 2.24) is 0 Å². The van der Waals surface area contributed by atoms with E-state index in [1.807, 2.05) is 0 Å². The van der Waals surface area contributed by atoms with E-state index in [-0.39, 0.29) is 31.1 Å². The van der Waals surface area contributed by atoms with Crippen molar-refractivity contribution in [2.75, 3.05) is 26.4 Å². The SMILES string of the molecule is O=C1OCCOCCOC(=O)C2=C[C@@H]3C[C@H]2[C@@H]2CC1=C[C@@H]23. The molecule has 0 radical (unpaired) electrons. The van der Waals surface area contributed by atoms with Crippen molar-refractivity contribution >= 4 is 11.9 Å². The van der Waals surface area contributed by atoms with Crippen LogP contribution in [-0.2, 0) is 23.8 Å². The minimum absolute atomic E-state index is 0.211. The third-order valence-electron chi connectivity index (χ3n) is 5.09. The Morgan fingerprint density at radius 1 is 0.952 bits per heavy atom. The van der Waals surface area contributed by atoms with Crippen molar-refractivity contribution in [2.24, 2.45) is 23.7 Å². The Hall–Kier alpha value is -1.62. The summed E-state index contributed by atoms with van der Waals surface area (Å²) < 4.78 is 15.8. The number of hydrogen-bond acceptors (Lipinski definition) is 5. The Morgan fingerprint density at radius 2 is 1.71 bits per heavy atom. The van der Waals surface area contributed by atoms with Crippen LogP contribution in [0.3, 0.4) is 0 Å². The van der Waals surface area contributed by atoms with E-state index >= 15 is 0 Å². The van der Waals surface area contributed by atoms with Crippen molar-refractivity contribution in [1.29, 1.82) is 0 Å². The maximum absolute atomic E-state index is 12.2. The number of fused-ring (bicyclic) bond motifs is 3. The van der Waals surface area contributed by atoms with Gasteiger partial charge >= 0.3 is 11.9 Å². The second kappa shape index (κ2) is 4.98. The summed E-state index contributed by atoms with van der Waals surface area (Å²) >= 11 is 0. The van der Waals surface area contributed by atoms with E-state index in [9.17, 15) is 9.59 Å². The zero-order chi connectivity index (χ0) is 14.4. The molecule has 112 valence electrons. The molecule has 0 unspecified atom stereocenters. The summed E-state index contributed by atoms with van der Waals surface area (Å²) in [6.45, 7) is 1.16. The van der Waals surface area contributed by atoms with E-state index in [2.05, 4.69) is 12.2 Å². The average Bonchev–Trinajstić information content (AvgIpc) is 3.14. The van der Waals surface area contributed by atoms with Gasteiger partial charge in [0.1, 0.15) is 13.2 Å². The number of cyclic esters (lactones) is 2. The molecular weight excluding hydrogens is 272 g/mol. The fraction of sp³-hybridized carbons (Fsp3) is 0.625. The van der Waals surface area contributed by atoms with Crippen LogP contribution in [0.25, 0.3) is 0 Å². The van der Waals surface area contributed by atoms with E-state index in [0.29, 0.717) is 31.0 Å². The highest BCUT2D eigenvalue weighted by molar-refractivity contribution is 5.91. The summed E-state index contributed by atoms with van der Waals surface area (Å²) in [7, 11) is 0. The molecule has 0 amide bonds. The van der Waals surface area contributed by atoms with Crippen molar-refractivity contribution in [3.63, 3.8) is 0 Å². The first kappa shape index (κ1) is 13.1. The summed E-state index contributed by atoms with van der Waals surface area (Å²) in [5.41, 5.74) is 1.57. The Bertz CT molecular complexity index is 547. The topological polar surface area (TPSA) is 61.8 Å². The van der Waals surface area contributed by atoms with Crippen LogP contribution in [0.5, 0.6) is 0 Å². The van der Waals surface area contributed by atoms with Gasteiger partial charge in [0, 0.05) is 11.1 Å². The van der Waals surface area contributed by atoms with E-state index < -0.39 is 0 Å². The smallest absolute Gasteiger partial charge is 0.334 e. The number of carbonyl (C=O) groups excluding carboxylic acids is 2. The zero-order valence-electron chi connectivity index (χ0n) is 11.7. The lowest BCUT2D eigenvalue weighted by molar-refractivity contribution is -0.143.